The third kappa shape index (κ3) is 3.81. The number of methoxy groups -OCH3 is 2. The summed E-state index contributed by atoms with van der Waals surface area (Å²) in [4.78, 5) is 11.5. The zero-order chi connectivity index (χ0) is 17.7. The van der Waals surface area contributed by atoms with Crippen molar-refractivity contribution in [2.75, 3.05) is 18.9 Å². The van der Waals surface area contributed by atoms with Crippen LogP contribution in [-0.4, -0.2) is 38.6 Å². The van der Waals surface area contributed by atoms with Crippen molar-refractivity contribution in [3.63, 3.8) is 0 Å². The number of rotatable bonds is 6. The summed E-state index contributed by atoms with van der Waals surface area (Å²) in [5.41, 5.74) is 11.0. The first-order valence-electron chi connectivity index (χ1n) is 6.53. The van der Waals surface area contributed by atoms with Crippen LogP contribution in [0.3, 0.4) is 0 Å². The molecule has 0 spiro atoms. The third-order valence-electron chi connectivity index (χ3n) is 2.80. The van der Waals surface area contributed by atoms with E-state index in [4.69, 9.17) is 20.9 Å². The molecule has 10 nitrogen and oxygen atoms in total. The Kier molecular flexibility index (Phi) is 5.04. The van der Waals surface area contributed by atoms with E-state index in [-0.39, 0.29) is 28.3 Å². The van der Waals surface area contributed by atoms with Crippen LogP contribution in [0.2, 0.25) is 0 Å². The quantitative estimate of drug-likeness (QED) is 0.492. The SMILES string of the molecule is COc1ncnc(NS(=O)(=O)c2ccc(N=C(N)N)cc2)c1OC. The van der Waals surface area contributed by atoms with Gasteiger partial charge in [0, 0.05) is 0 Å². The van der Waals surface area contributed by atoms with Crippen LogP contribution in [0.15, 0.2) is 40.5 Å². The summed E-state index contributed by atoms with van der Waals surface area (Å²) in [7, 11) is -1.17. The van der Waals surface area contributed by atoms with Crippen molar-refractivity contribution in [3.05, 3.63) is 30.6 Å². The number of nitrogens with one attached hydrogen (secondary N) is 1. The van der Waals surface area contributed by atoms with Gasteiger partial charge in [0.15, 0.2) is 11.8 Å². The van der Waals surface area contributed by atoms with Gasteiger partial charge in [-0.3, -0.25) is 4.72 Å². The average molecular weight is 352 g/mol. The van der Waals surface area contributed by atoms with Crippen molar-refractivity contribution in [1.82, 2.24) is 9.97 Å². The molecule has 0 unspecified atom stereocenters. The number of benzene rings is 1. The largest absolute Gasteiger partial charge is 0.489 e. The van der Waals surface area contributed by atoms with E-state index in [0.717, 1.165) is 6.33 Å². The number of guanidine groups is 1. The second-order valence-corrected chi connectivity index (χ2v) is 6.08. The molecule has 2 aromatic rings. The fourth-order valence-corrected chi connectivity index (χ4v) is 2.81. The number of ether oxygens (including phenoxy) is 2. The van der Waals surface area contributed by atoms with E-state index in [1.54, 1.807) is 0 Å². The average Bonchev–Trinajstić information content (AvgIpc) is 2.54. The Morgan fingerprint density at radius 2 is 1.79 bits per heavy atom. The predicted octanol–water partition coefficient (Wildman–Crippen LogP) is 0.200. The lowest BCUT2D eigenvalue weighted by Gasteiger charge is -2.12. The normalized spacial score (nSPS) is 10.8. The number of nitrogens with two attached hydrogens (primary N) is 2. The van der Waals surface area contributed by atoms with Crippen LogP contribution in [-0.2, 0) is 10.0 Å². The number of nitrogens with zero attached hydrogens (tertiary/aromatic N) is 3. The van der Waals surface area contributed by atoms with Gasteiger partial charge in [0.05, 0.1) is 24.8 Å². The highest BCUT2D eigenvalue weighted by Gasteiger charge is 2.20. The molecule has 0 saturated heterocycles. The molecule has 0 aliphatic carbocycles. The van der Waals surface area contributed by atoms with Crippen LogP contribution in [0.1, 0.15) is 0 Å². The molecule has 1 aromatic heterocycles. The molecule has 1 heterocycles. The molecule has 1 aromatic carbocycles. The van der Waals surface area contributed by atoms with E-state index in [0.29, 0.717) is 5.69 Å². The Morgan fingerprint density at radius 3 is 2.33 bits per heavy atom. The third-order valence-corrected chi connectivity index (χ3v) is 4.16. The van der Waals surface area contributed by atoms with E-state index in [2.05, 4.69) is 19.7 Å². The van der Waals surface area contributed by atoms with E-state index < -0.39 is 10.0 Å². The molecule has 0 aliphatic rings. The number of sulfonamides is 1. The summed E-state index contributed by atoms with van der Waals surface area (Å²) in [5.74, 6) is 0.00760. The maximum absolute atomic E-state index is 12.4. The minimum atomic E-state index is -3.90. The molecular weight excluding hydrogens is 336 g/mol. The molecule has 5 N–H and O–H groups in total. The van der Waals surface area contributed by atoms with Gasteiger partial charge in [-0.15, -0.1) is 0 Å². The Balaban J connectivity index is 2.34. The Hall–Kier alpha value is -3.08. The monoisotopic (exact) mass is 352 g/mol. The van der Waals surface area contributed by atoms with Gasteiger partial charge < -0.3 is 20.9 Å². The lowest BCUT2D eigenvalue weighted by atomic mass is 10.3. The first-order chi connectivity index (χ1) is 11.4. The summed E-state index contributed by atoms with van der Waals surface area (Å²) in [6, 6.07) is 5.64. The summed E-state index contributed by atoms with van der Waals surface area (Å²) in [6.07, 6.45) is 1.15. The molecule has 0 radical (unpaired) electrons. The highest BCUT2D eigenvalue weighted by molar-refractivity contribution is 7.92. The van der Waals surface area contributed by atoms with Gasteiger partial charge in [0.25, 0.3) is 15.9 Å². The lowest BCUT2D eigenvalue weighted by molar-refractivity contribution is 0.342. The summed E-state index contributed by atoms with van der Waals surface area (Å²) < 4.78 is 37.3. The van der Waals surface area contributed by atoms with Crippen LogP contribution >= 0.6 is 0 Å². The fourth-order valence-electron chi connectivity index (χ4n) is 1.79. The van der Waals surface area contributed by atoms with E-state index >= 15 is 0 Å². The summed E-state index contributed by atoms with van der Waals surface area (Å²) in [6.45, 7) is 0. The van der Waals surface area contributed by atoms with Crippen LogP contribution in [0.5, 0.6) is 11.6 Å². The predicted molar refractivity (Wildman–Crippen MR) is 87.9 cm³/mol. The van der Waals surface area contributed by atoms with Gasteiger partial charge in [-0.25, -0.2) is 18.4 Å². The maximum atomic E-state index is 12.4. The highest BCUT2D eigenvalue weighted by atomic mass is 32.2. The fraction of sp³-hybridized carbons (Fsp3) is 0.154. The molecular formula is C13H16N6O4S. The number of aromatic nitrogens is 2. The van der Waals surface area contributed by atoms with Crippen molar-refractivity contribution in [2.45, 2.75) is 4.90 Å². The number of hydrogen-bond acceptors (Lipinski definition) is 7. The van der Waals surface area contributed by atoms with Gasteiger partial charge in [-0.1, -0.05) is 0 Å². The lowest BCUT2D eigenvalue weighted by Crippen LogP contribution is -2.21. The number of hydrogen-bond donors (Lipinski definition) is 3. The van der Waals surface area contributed by atoms with Crippen molar-refractivity contribution < 1.29 is 17.9 Å². The van der Waals surface area contributed by atoms with E-state index in [9.17, 15) is 8.42 Å². The highest BCUT2D eigenvalue weighted by Crippen LogP contribution is 2.32. The summed E-state index contributed by atoms with van der Waals surface area (Å²) in [5, 5.41) is 0. The van der Waals surface area contributed by atoms with Crippen LogP contribution < -0.4 is 25.7 Å². The van der Waals surface area contributed by atoms with E-state index in [1.807, 2.05) is 0 Å². The first-order valence-corrected chi connectivity index (χ1v) is 8.01. The van der Waals surface area contributed by atoms with Gasteiger partial charge in [0.1, 0.15) is 6.33 Å². The van der Waals surface area contributed by atoms with Crippen LogP contribution in [0.25, 0.3) is 0 Å². The topological polar surface area (TPSA) is 155 Å². The Bertz CT molecular complexity index is 847. The molecule has 128 valence electrons. The van der Waals surface area contributed by atoms with Crippen molar-refractivity contribution in [1.29, 1.82) is 0 Å². The molecule has 0 bridgehead atoms. The second kappa shape index (κ2) is 7.00. The standard InChI is InChI=1S/C13H16N6O4S/c1-22-10-11(16-7-17-12(10)23-2)19-24(20,21)9-5-3-8(4-6-9)18-13(14)15/h3-7H,1-2H3,(H4,14,15,18)(H,16,17,19). The molecule has 24 heavy (non-hydrogen) atoms. The van der Waals surface area contributed by atoms with Crippen molar-refractivity contribution in [3.8, 4) is 11.6 Å². The van der Waals surface area contributed by atoms with E-state index in [1.165, 1.54) is 38.5 Å². The molecule has 0 atom stereocenters. The second-order valence-electron chi connectivity index (χ2n) is 4.40. The van der Waals surface area contributed by atoms with Crippen LogP contribution in [0.4, 0.5) is 11.5 Å². The molecule has 0 fully saturated rings. The summed E-state index contributed by atoms with van der Waals surface area (Å²) >= 11 is 0. The number of anilines is 1. The zero-order valence-corrected chi connectivity index (χ0v) is 13.7. The van der Waals surface area contributed by atoms with Gasteiger partial charge in [0.2, 0.25) is 5.75 Å². The molecule has 0 amide bonds. The molecule has 11 heteroatoms. The van der Waals surface area contributed by atoms with Gasteiger partial charge in [-0.2, -0.15) is 4.98 Å². The minimum absolute atomic E-state index is 0.00308. The van der Waals surface area contributed by atoms with Crippen LogP contribution in [0, 0.1) is 0 Å². The van der Waals surface area contributed by atoms with Crippen molar-refractivity contribution in [2.24, 2.45) is 16.5 Å². The van der Waals surface area contributed by atoms with Gasteiger partial charge in [-0.05, 0) is 24.3 Å². The molecule has 0 aliphatic heterocycles. The molecule has 2 rings (SSSR count). The minimum Gasteiger partial charge on any atom is -0.489 e. The van der Waals surface area contributed by atoms with Crippen molar-refractivity contribution >= 4 is 27.5 Å². The zero-order valence-electron chi connectivity index (χ0n) is 12.9. The number of aliphatic imine (C=N–C) groups is 1. The Labute approximate surface area is 138 Å². The smallest absolute Gasteiger partial charge is 0.263 e. The first kappa shape index (κ1) is 17.3. The molecule has 0 saturated carbocycles. The Morgan fingerprint density at radius 1 is 1.12 bits per heavy atom. The maximum Gasteiger partial charge on any atom is 0.263 e. The van der Waals surface area contributed by atoms with Gasteiger partial charge >= 0.3 is 0 Å².